The minimum absolute atomic E-state index is 0.0892. The van der Waals surface area contributed by atoms with Crippen molar-refractivity contribution in [2.45, 2.75) is 103 Å². The van der Waals surface area contributed by atoms with Crippen molar-refractivity contribution in [1.82, 2.24) is 5.32 Å². The van der Waals surface area contributed by atoms with E-state index < -0.39 is 20.0 Å². The first-order valence-electron chi connectivity index (χ1n) is 8.57. The maximum atomic E-state index is 12.1. The number of aliphatic hydroxyl groups excluding tert-OH is 1. The Kier molecular flexibility index (Phi) is 6.32. The molecule has 0 spiro atoms. The lowest BCUT2D eigenvalue weighted by Crippen LogP contribution is -2.55. The second-order valence-electron chi connectivity index (χ2n) is 9.14. The van der Waals surface area contributed by atoms with Crippen LogP contribution < -0.4 is 5.32 Å². The van der Waals surface area contributed by atoms with Crippen LogP contribution in [0.1, 0.15) is 60.8 Å². The van der Waals surface area contributed by atoms with E-state index in [0.29, 0.717) is 19.3 Å². The third-order valence-electron chi connectivity index (χ3n) is 4.72. The van der Waals surface area contributed by atoms with Gasteiger partial charge < -0.3 is 19.6 Å². The van der Waals surface area contributed by atoms with Crippen molar-refractivity contribution in [2.24, 2.45) is 0 Å². The molecule has 1 saturated carbocycles. The van der Waals surface area contributed by atoms with Crippen LogP contribution in [-0.2, 0) is 9.16 Å². The highest BCUT2D eigenvalue weighted by molar-refractivity contribution is 6.74. The second kappa shape index (κ2) is 7.11. The number of carbonyl (C=O) groups excluding carboxylic acids is 1. The molecular weight excluding hydrogens is 310 g/mol. The summed E-state index contributed by atoms with van der Waals surface area (Å²) in [6.45, 7) is 16.5. The molecule has 1 amide bonds. The summed E-state index contributed by atoms with van der Waals surface area (Å²) in [6.07, 6.45) is 1.01. The number of ether oxygens (including phenoxy) is 1. The molecule has 23 heavy (non-hydrogen) atoms. The molecule has 0 heterocycles. The van der Waals surface area contributed by atoms with Crippen molar-refractivity contribution >= 4 is 14.4 Å². The van der Waals surface area contributed by atoms with E-state index in [4.69, 9.17) is 9.16 Å². The van der Waals surface area contributed by atoms with Gasteiger partial charge in [-0.05, 0) is 51.7 Å². The average Bonchev–Trinajstić information content (AvgIpc) is 2.28. The number of hydrogen-bond donors (Lipinski definition) is 2. The summed E-state index contributed by atoms with van der Waals surface area (Å²) in [5.74, 6) is 0. The fraction of sp³-hybridized carbons (Fsp3) is 0.941. The van der Waals surface area contributed by atoms with E-state index in [1.165, 1.54) is 0 Å². The van der Waals surface area contributed by atoms with Crippen LogP contribution in [0.5, 0.6) is 0 Å². The smallest absolute Gasteiger partial charge is 0.407 e. The summed E-state index contributed by atoms with van der Waals surface area (Å²) < 4.78 is 11.8. The van der Waals surface area contributed by atoms with Crippen LogP contribution in [0.4, 0.5) is 4.79 Å². The van der Waals surface area contributed by atoms with Crippen LogP contribution in [0.3, 0.4) is 0 Å². The third-order valence-corrected chi connectivity index (χ3v) is 9.22. The Labute approximate surface area is 142 Å². The molecule has 1 fully saturated rings. The van der Waals surface area contributed by atoms with Crippen LogP contribution in [-0.4, -0.2) is 43.4 Å². The monoisotopic (exact) mass is 345 g/mol. The first kappa shape index (κ1) is 20.5. The number of alkyl carbamates (subject to hydrolysis) is 1. The van der Waals surface area contributed by atoms with Gasteiger partial charge in [-0.3, -0.25) is 0 Å². The lowest BCUT2D eigenvalue weighted by molar-refractivity contribution is 0.0112. The van der Waals surface area contributed by atoms with Gasteiger partial charge in [0.05, 0.1) is 18.2 Å². The molecule has 0 aromatic carbocycles. The quantitative estimate of drug-likeness (QED) is 0.763. The first-order valence-corrected chi connectivity index (χ1v) is 11.5. The molecule has 136 valence electrons. The Morgan fingerprint density at radius 1 is 1.13 bits per heavy atom. The van der Waals surface area contributed by atoms with Crippen LogP contribution in [0.25, 0.3) is 0 Å². The summed E-state index contributed by atoms with van der Waals surface area (Å²) in [7, 11) is -1.96. The third kappa shape index (κ3) is 6.43. The zero-order valence-corrected chi connectivity index (χ0v) is 17.0. The minimum atomic E-state index is -1.96. The van der Waals surface area contributed by atoms with E-state index >= 15 is 0 Å². The predicted molar refractivity (Wildman–Crippen MR) is 95.1 cm³/mol. The molecular formula is C17H35NO4Si. The Morgan fingerprint density at radius 3 is 2.17 bits per heavy atom. The molecule has 0 saturated heterocycles. The highest BCUT2D eigenvalue weighted by Gasteiger charge is 2.42. The normalized spacial score (nSPS) is 26.7. The molecule has 5 nitrogen and oxygen atoms in total. The zero-order chi connectivity index (χ0) is 18.1. The SMILES string of the molecule is CC(C)(C)OC(=O)NC1CC[C@@H](O)C[C@H]1O[Si](C)(C)C(C)(C)C. The molecule has 2 N–H and O–H groups in total. The molecule has 0 bridgehead atoms. The van der Waals surface area contributed by atoms with Gasteiger partial charge in [0.25, 0.3) is 0 Å². The van der Waals surface area contributed by atoms with Crippen molar-refractivity contribution in [3.8, 4) is 0 Å². The average molecular weight is 346 g/mol. The Hall–Kier alpha value is -0.593. The molecule has 1 rings (SSSR count). The van der Waals surface area contributed by atoms with Gasteiger partial charge in [0.15, 0.2) is 8.32 Å². The standard InChI is InChI=1S/C17H35NO4Si/c1-16(2,3)21-15(20)18-13-10-9-12(19)11-14(13)22-23(7,8)17(4,5)6/h12-14,19H,9-11H2,1-8H3,(H,18,20)/t12-,13?,14-/m1/s1. The number of hydrogen-bond acceptors (Lipinski definition) is 4. The van der Waals surface area contributed by atoms with E-state index in [1.54, 1.807) is 0 Å². The topological polar surface area (TPSA) is 67.8 Å². The summed E-state index contributed by atoms with van der Waals surface area (Å²) in [4.78, 5) is 12.1. The maximum Gasteiger partial charge on any atom is 0.407 e. The number of aliphatic hydroxyl groups is 1. The molecule has 0 aliphatic heterocycles. The van der Waals surface area contributed by atoms with E-state index in [-0.39, 0.29) is 23.3 Å². The number of rotatable bonds is 3. The largest absolute Gasteiger partial charge is 0.444 e. The fourth-order valence-electron chi connectivity index (χ4n) is 2.42. The zero-order valence-electron chi connectivity index (χ0n) is 16.0. The van der Waals surface area contributed by atoms with Crippen molar-refractivity contribution in [3.63, 3.8) is 0 Å². The van der Waals surface area contributed by atoms with Crippen molar-refractivity contribution < 1.29 is 19.1 Å². The van der Waals surface area contributed by atoms with E-state index in [1.807, 2.05) is 20.8 Å². The van der Waals surface area contributed by atoms with E-state index in [2.05, 4.69) is 39.2 Å². The van der Waals surface area contributed by atoms with E-state index in [9.17, 15) is 9.90 Å². The van der Waals surface area contributed by atoms with Crippen LogP contribution in [0, 0.1) is 0 Å². The second-order valence-corrected chi connectivity index (χ2v) is 13.9. The van der Waals surface area contributed by atoms with Gasteiger partial charge in [-0.1, -0.05) is 20.8 Å². The molecule has 1 aliphatic rings. The summed E-state index contributed by atoms with van der Waals surface area (Å²) >= 11 is 0. The number of nitrogens with one attached hydrogen (secondary N) is 1. The van der Waals surface area contributed by atoms with Crippen molar-refractivity contribution in [1.29, 1.82) is 0 Å². The summed E-state index contributed by atoms with van der Waals surface area (Å²) in [5, 5.41) is 13.0. The number of carbonyl (C=O) groups is 1. The molecule has 3 atom stereocenters. The van der Waals surface area contributed by atoms with Gasteiger partial charge in [0, 0.05) is 6.42 Å². The Bertz CT molecular complexity index is 412. The molecule has 1 aliphatic carbocycles. The van der Waals surface area contributed by atoms with Crippen LogP contribution in [0.2, 0.25) is 18.1 Å². The van der Waals surface area contributed by atoms with Crippen LogP contribution >= 0.6 is 0 Å². The number of amides is 1. The van der Waals surface area contributed by atoms with Gasteiger partial charge >= 0.3 is 6.09 Å². The van der Waals surface area contributed by atoms with Crippen molar-refractivity contribution in [3.05, 3.63) is 0 Å². The fourth-order valence-corrected chi connectivity index (χ4v) is 3.79. The van der Waals surface area contributed by atoms with Gasteiger partial charge in [-0.15, -0.1) is 0 Å². The lowest BCUT2D eigenvalue weighted by atomic mass is 9.90. The molecule has 1 unspecified atom stereocenters. The van der Waals surface area contributed by atoms with Gasteiger partial charge in [0.1, 0.15) is 5.60 Å². The first-order chi connectivity index (χ1) is 10.2. The molecule has 0 aromatic heterocycles. The predicted octanol–water partition coefficient (Wildman–Crippen LogP) is 3.81. The molecule has 6 heteroatoms. The van der Waals surface area contributed by atoms with Gasteiger partial charge in [-0.25, -0.2) is 4.79 Å². The highest BCUT2D eigenvalue weighted by atomic mass is 28.4. The van der Waals surface area contributed by atoms with Crippen molar-refractivity contribution in [2.75, 3.05) is 0 Å². The Balaban J connectivity index is 2.78. The maximum absolute atomic E-state index is 12.1. The minimum Gasteiger partial charge on any atom is -0.444 e. The van der Waals surface area contributed by atoms with Gasteiger partial charge in [0.2, 0.25) is 0 Å². The van der Waals surface area contributed by atoms with Gasteiger partial charge in [-0.2, -0.15) is 0 Å². The summed E-state index contributed by atoms with van der Waals surface area (Å²) in [6, 6.07) is -0.109. The molecule has 0 radical (unpaired) electrons. The van der Waals surface area contributed by atoms with Crippen LogP contribution in [0.15, 0.2) is 0 Å². The summed E-state index contributed by atoms with van der Waals surface area (Å²) in [5.41, 5.74) is -0.520. The lowest BCUT2D eigenvalue weighted by Gasteiger charge is -2.44. The molecule has 0 aromatic rings. The highest BCUT2D eigenvalue weighted by Crippen LogP contribution is 2.39. The Morgan fingerprint density at radius 2 is 1.70 bits per heavy atom. The van der Waals surface area contributed by atoms with E-state index in [0.717, 1.165) is 0 Å².